The molecule has 0 unspecified atom stereocenters. The minimum atomic E-state index is 0.864. The lowest BCUT2D eigenvalue weighted by atomic mass is 10.4. The SMILES string of the molecule is C=CCCNc1nc(C)cnc1C. The summed E-state index contributed by atoms with van der Waals surface area (Å²) in [5, 5.41) is 3.21. The Morgan fingerprint density at radius 1 is 1.54 bits per heavy atom. The van der Waals surface area contributed by atoms with E-state index in [4.69, 9.17) is 0 Å². The molecule has 3 nitrogen and oxygen atoms in total. The summed E-state index contributed by atoms with van der Waals surface area (Å²) in [5.74, 6) is 0.877. The number of hydrogen-bond donors (Lipinski definition) is 1. The fraction of sp³-hybridized carbons (Fsp3) is 0.400. The third kappa shape index (κ3) is 2.86. The summed E-state index contributed by atoms with van der Waals surface area (Å²) in [5.41, 5.74) is 1.88. The van der Waals surface area contributed by atoms with Crippen LogP contribution in [0.4, 0.5) is 5.82 Å². The molecule has 1 N–H and O–H groups in total. The topological polar surface area (TPSA) is 37.8 Å². The Kier molecular flexibility index (Phi) is 3.43. The first kappa shape index (κ1) is 9.71. The normalized spacial score (nSPS) is 9.69. The van der Waals surface area contributed by atoms with Gasteiger partial charge in [0.1, 0.15) is 5.82 Å². The van der Waals surface area contributed by atoms with Crippen LogP contribution in [0.1, 0.15) is 17.8 Å². The van der Waals surface area contributed by atoms with E-state index in [1.807, 2.05) is 19.9 Å². The fourth-order valence-electron chi connectivity index (χ4n) is 0.998. The average Bonchev–Trinajstić information content (AvgIpc) is 2.11. The van der Waals surface area contributed by atoms with Gasteiger partial charge in [0, 0.05) is 12.7 Å². The molecule has 1 aromatic heterocycles. The molecule has 0 radical (unpaired) electrons. The number of nitrogens with zero attached hydrogens (tertiary/aromatic N) is 2. The van der Waals surface area contributed by atoms with Crippen molar-refractivity contribution in [3.05, 3.63) is 30.2 Å². The molecule has 0 saturated heterocycles. The van der Waals surface area contributed by atoms with Gasteiger partial charge in [0.15, 0.2) is 0 Å². The Labute approximate surface area is 78.9 Å². The Morgan fingerprint density at radius 3 is 3.00 bits per heavy atom. The number of anilines is 1. The van der Waals surface area contributed by atoms with Gasteiger partial charge in [0.05, 0.1) is 11.4 Å². The van der Waals surface area contributed by atoms with Gasteiger partial charge in [0.2, 0.25) is 0 Å². The molecule has 70 valence electrons. The second-order valence-electron chi connectivity index (χ2n) is 2.95. The first-order valence-electron chi connectivity index (χ1n) is 4.39. The van der Waals surface area contributed by atoms with Crippen molar-refractivity contribution in [1.82, 2.24) is 9.97 Å². The van der Waals surface area contributed by atoms with Crippen molar-refractivity contribution in [3.63, 3.8) is 0 Å². The Balaban J connectivity index is 2.64. The molecule has 0 aromatic carbocycles. The van der Waals surface area contributed by atoms with Gasteiger partial charge in [-0.25, -0.2) is 4.98 Å². The van der Waals surface area contributed by atoms with Crippen molar-refractivity contribution in [3.8, 4) is 0 Å². The van der Waals surface area contributed by atoms with Crippen molar-refractivity contribution in [2.45, 2.75) is 20.3 Å². The molecule has 0 spiro atoms. The number of aromatic nitrogens is 2. The maximum absolute atomic E-state index is 4.34. The van der Waals surface area contributed by atoms with E-state index in [0.29, 0.717) is 0 Å². The summed E-state index contributed by atoms with van der Waals surface area (Å²) in [6, 6.07) is 0. The van der Waals surface area contributed by atoms with Gasteiger partial charge < -0.3 is 5.32 Å². The largest absolute Gasteiger partial charge is 0.368 e. The van der Waals surface area contributed by atoms with Crippen LogP contribution < -0.4 is 5.32 Å². The molecule has 0 fully saturated rings. The lowest BCUT2D eigenvalue weighted by Crippen LogP contribution is -2.05. The van der Waals surface area contributed by atoms with E-state index in [1.165, 1.54) is 0 Å². The minimum Gasteiger partial charge on any atom is -0.368 e. The maximum atomic E-state index is 4.34. The third-order valence-electron chi connectivity index (χ3n) is 1.72. The van der Waals surface area contributed by atoms with Crippen LogP contribution in [0.2, 0.25) is 0 Å². The van der Waals surface area contributed by atoms with Crippen molar-refractivity contribution in [2.75, 3.05) is 11.9 Å². The Hall–Kier alpha value is -1.38. The Morgan fingerprint density at radius 2 is 2.31 bits per heavy atom. The molecule has 13 heavy (non-hydrogen) atoms. The Bertz CT molecular complexity index is 294. The lowest BCUT2D eigenvalue weighted by Gasteiger charge is -2.06. The molecule has 0 atom stereocenters. The van der Waals surface area contributed by atoms with Crippen LogP contribution in [0.5, 0.6) is 0 Å². The van der Waals surface area contributed by atoms with E-state index in [9.17, 15) is 0 Å². The zero-order chi connectivity index (χ0) is 9.68. The third-order valence-corrected chi connectivity index (χ3v) is 1.72. The first-order chi connectivity index (χ1) is 6.24. The maximum Gasteiger partial charge on any atom is 0.147 e. The number of aryl methyl sites for hydroxylation is 2. The predicted octanol–water partition coefficient (Wildman–Crippen LogP) is 2.08. The molecule has 1 aromatic rings. The molecule has 3 heteroatoms. The molecule has 0 amide bonds. The van der Waals surface area contributed by atoms with Crippen molar-refractivity contribution in [1.29, 1.82) is 0 Å². The highest BCUT2D eigenvalue weighted by molar-refractivity contribution is 5.39. The van der Waals surface area contributed by atoms with E-state index in [0.717, 1.165) is 30.2 Å². The summed E-state index contributed by atoms with van der Waals surface area (Å²) < 4.78 is 0. The molecule has 0 aliphatic rings. The van der Waals surface area contributed by atoms with Gasteiger partial charge in [-0.1, -0.05) is 6.08 Å². The van der Waals surface area contributed by atoms with Crippen LogP contribution in [0, 0.1) is 13.8 Å². The van der Waals surface area contributed by atoms with Gasteiger partial charge in [-0.2, -0.15) is 0 Å². The van der Waals surface area contributed by atoms with E-state index in [2.05, 4.69) is 21.9 Å². The van der Waals surface area contributed by atoms with Crippen molar-refractivity contribution < 1.29 is 0 Å². The van der Waals surface area contributed by atoms with Gasteiger partial charge >= 0.3 is 0 Å². The van der Waals surface area contributed by atoms with Crippen LogP contribution >= 0.6 is 0 Å². The van der Waals surface area contributed by atoms with Crippen LogP contribution in [-0.2, 0) is 0 Å². The number of nitrogens with one attached hydrogen (secondary N) is 1. The van der Waals surface area contributed by atoms with Crippen LogP contribution in [-0.4, -0.2) is 16.5 Å². The molecular weight excluding hydrogens is 162 g/mol. The summed E-state index contributed by atoms with van der Waals surface area (Å²) in [6.45, 7) is 8.40. The first-order valence-corrected chi connectivity index (χ1v) is 4.39. The molecule has 0 aliphatic carbocycles. The van der Waals surface area contributed by atoms with Crippen molar-refractivity contribution in [2.24, 2.45) is 0 Å². The molecule has 1 rings (SSSR count). The molecule has 0 aliphatic heterocycles. The molecule has 0 saturated carbocycles. The van der Waals surface area contributed by atoms with Gasteiger partial charge in [-0.15, -0.1) is 6.58 Å². The highest BCUT2D eigenvalue weighted by Crippen LogP contribution is 2.07. The van der Waals surface area contributed by atoms with Crippen molar-refractivity contribution >= 4 is 5.82 Å². The van der Waals surface area contributed by atoms with Crippen LogP contribution in [0.15, 0.2) is 18.9 Å². The minimum absolute atomic E-state index is 0.864. The number of hydrogen-bond acceptors (Lipinski definition) is 3. The predicted molar refractivity (Wildman–Crippen MR) is 54.8 cm³/mol. The van der Waals surface area contributed by atoms with E-state index in [-0.39, 0.29) is 0 Å². The monoisotopic (exact) mass is 177 g/mol. The molecule has 1 heterocycles. The summed E-state index contributed by atoms with van der Waals surface area (Å²) in [7, 11) is 0. The average molecular weight is 177 g/mol. The van der Waals surface area contributed by atoms with Gasteiger partial charge in [-0.3, -0.25) is 4.98 Å². The lowest BCUT2D eigenvalue weighted by molar-refractivity contribution is 0.999. The van der Waals surface area contributed by atoms with Gasteiger partial charge in [0.25, 0.3) is 0 Å². The van der Waals surface area contributed by atoms with E-state index >= 15 is 0 Å². The molecular formula is C10H15N3. The smallest absolute Gasteiger partial charge is 0.147 e. The van der Waals surface area contributed by atoms with Gasteiger partial charge in [-0.05, 0) is 20.3 Å². The van der Waals surface area contributed by atoms with E-state index < -0.39 is 0 Å². The van der Waals surface area contributed by atoms with E-state index in [1.54, 1.807) is 6.20 Å². The quantitative estimate of drug-likeness (QED) is 0.565. The van der Waals surface area contributed by atoms with Crippen LogP contribution in [0.3, 0.4) is 0 Å². The zero-order valence-corrected chi connectivity index (χ0v) is 8.17. The second-order valence-corrected chi connectivity index (χ2v) is 2.95. The summed E-state index contributed by atoms with van der Waals surface area (Å²) >= 11 is 0. The highest BCUT2D eigenvalue weighted by atomic mass is 15.0. The zero-order valence-electron chi connectivity index (χ0n) is 8.17. The summed E-state index contributed by atoms with van der Waals surface area (Å²) in [6.07, 6.45) is 4.59. The second kappa shape index (κ2) is 4.60. The summed E-state index contributed by atoms with van der Waals surface area (Å²) in [4.78, 5) is 8.54. The highest BCUT2D eigenvalue weighted by Gasteiger charge is 1.99. The number of rotatable bonds is 4. The molecule has 0 bridgehead atoms. The standard InChI is InChI=1S/C10H15N3/c1-4-5-6-11-10-9(3)12-7-8(2)13-10/h4,7H,1,5-6H2,2-3H3,(H,11,13). The fourth-order valence-corrected chi connectivity index (χ4v) is 0.998. The van der Waals surface area contributed by atoms with Crippen LogP contribution in [0.25, 0.3) is 0 Å².